The summed E-state index contributed by atoms with van der Waals surface area (Å²) in [7, 11) is 0. The van der Waals surface area contributed by atoms with Crippen LogP contribution in [0.25, 0.3) is 11.1 Å². The Bertz CT molecular complexity index is 815. The van der Waals surface area contributed by atoms with Gasteiger partial charge < -0.3 is 4.42 Å². The minimum absolute atomic E-state index is 0.0609. The first-order chi connectivity index (χ1) is 9.65. The molecule has 0 saturated heterocycles. The van der Waals surface area contributed by atoms with Gasteiger partial charge in [0.15, 0.2) is 0 Å². The molecular weight excluding hydrogens is 272 g/mol. The molecule has 2 aromatic rings. The molecule has 0 amide bonds. The van der Waals surface area contributed by atoms with E-state index in [1.165, 1.54) is 6.07 Å². The van der Waals surface area contributed by atoms with E-state index in [4.69, 9.17) is 4.42 Å². The Hall–Kier alpha value is -2.11. The van der Waals surface area contributed by atoms with Crippen molar-refractivity contribution in [2.75, 3.05) is 0 Å². The van der Waals surface area contributed by atoms with Crippen molar-refractivity contribution in [1.82, 2.24) is 9.97 Å². The fraction of sp³-hybridized carbons (Fsp3) is 0.533. The van der Waals surface area contributed by atoms with Gasteiger partial charge >= 0.3 is 11.3 Å². The Morgan fingerprint density at radius 3 is 2.48 bits per heavy atom. The molecule has 6 heteroatoms. The molecule has 0 aromatic carbocycles. The molecule has 1 unspecified atom stereocenters. The molecule has 0 spiro atoms. The minimum Gasteiger partial charge on any atom is -0.405 e. The molecule has 0 saturated carbocycles. The third-order valence-corrected chi connectivity index (χ3v) is 3.25. The van der Waals surface area contributed by atoms with Crippen LogP contribution in [0.4, 0.5) is 0 Å². The standard InChI is InChI=1S/C15H20N2O4/c1-8(7-15(2,3)4)5-9-6-10(18)21-13-11(9)12(19)16-14(20)17-13/h6,8H,5,7H2,1-4H3,(H2,16,17,19,20). The Balaban J connectivity index is 2.51. The lowest BCUT2D eigenvalue weighted by atomic mass is 9.83. The monoisotopic (exact) mass is 292 g/mol. The summed E-state index contributed by atoms with van der Waals surface area (Å²) in [4.78, 5) is 39.3. The lowest BCUT2D eigenvalue weighted by Gasteiger charge is -2.23. The maximum Gasteiger partial charge on any atom is 0.337 e. The lowest BCUT2D eigenvalue weighted by Crippen LogP contribution is -2.24. The number of rotatable bonds is 3. The van der Waals surface area contributed by atoms with Crippen molar-refractivity contribution in [2.45, 2.75) is 40.5 Å². The Morgan fingerprint density at radius 1 is 1.19 bits per heavy atom. The van der Waals surface area contributed by atoms with E-state index in [0.29, 0.717) is 17.9 Å². The lowest BCUT2D eigenvalue weighted by molar-refractivity contribution is 0.306. The van der Waals surface area contributed by atoms with Gasteiger partial charge in [-0.1, -0.05) is 27.7 Å². The fourth-order valence-corrected chi connectivity index (χ4v) is 2.83. The van der Waals surface area contributed by atoms with Gasteiger partial charge in [-0.2, -0.15) is 0 Å². The molecule has 114 valence electrons. The van der Waals surface area contributed by atoms with Gasteiger partial charge in [0.25, 0.3) is 5.56 Å². The van der Waals surface area contributed by atoms with E-state index in [1.54, 1.807) is 0 Å². The van der Waals surface area contributed by atoms with Crippen molar-refractivity contribution in [3.05, 3.63) is 42.9 Å². The van der Waals surface area contributed by atoms with Crippen molar-refractivity contribution in [2.24, 2.45) is 11.3 Å². The highest BCUT2D eigenvalue weighted by molar-refractivity contribution is 5.75. The maximum absolute atomic E-state index is 12.0. The predicted molar refractivity (Wildman–Crippen MR) is 80.7 cm³/mol. The quantitative estimate of drug-likeness (QED) is 0.901. The van der Waals surface area contributed by atoms with Crippen LogP contribution in [0.5, 0.6) is 0 Å². The third kappa shape index (κ3) is 3.71. The molecule has 0 aliphatic heterocycles. The van der Waals surface area contributed by atoms with E-state index in [1.807, 2.05) is 0 Å². The number of fused-ring (bicyclic) bond motifs is 1. The summed E-state index contributed by atoms with van der Waals surface area (Å²) in [5, 5.41) is 0.245. The highest BCUT2D eigenvalue weighted by Gasteiger charge is 2.18. The summed E-state index contributed by atoms with van der Waals surface area (Å²) < 4.78 is 4.92. The van der Waals surface area contributed by atoms with Gasteiger partial charge in [0, 0.05) is 6.07 Å². The van der Waals surface area contributed by atoms with Crippen LogP contribution in [0.15, 0.2) is 24.9 Å². The van der Waals surface area contributed by atoms with Crippen LogP contribution in [0.1, 0.15) is 39.7 Å². The van der Waals surface area contributed by atoms with E-state index in [9.17, 15) is 14.4 Å². The van der Waals surface area contributed by atoms with Crippen molar-refractivity contribution < 1.29 is 4.42 Å². The van der Waals surface area contributed by atoms with Gasteiger partial charge in [0.1, 0.15) is 5.39 Å². The number of hydrogen-bond donors (Lipinski definition) is 2. The van der Waals surface area contributed by atoms with Crippen molar-refractivity contribution in [3.8, 4) is 0 Å². The van der Waals surface area contributed by atoms with Crippen LogP contribution in [-0.4, -0.2) is 9.97 Å². The molecule has 2 aromatic heterocycles. The van der Waals surface area contributed by atoms with Crippen LogP contribution < -0.4 is 16.9 Å². The molecule has 2 heterocycles. The van der Waals surface area contributed by atoms with Crippen molar-refractivity contribution in [1.29, 1.82) is 0 Å². The first-order valence-electron chi connectivity index (χ1n) is 6.95. The second-order valence-electron chi connectivity index (χ2n) is 6.78. The summed E-state index contributed by atoms with van der Waals surface area (Å²) in [5.41, 5.74) is -1.08. The number of H-pyrrole nitrogens is 2. The first kappa shape index (κ1) is 15.3. The van der Waals surface area contributed by atoms with Gasteiger partial charge in [0.2, 0.25) is 5.71 Å². The Labute approximate surface area is 121 Å². The van der Waals surface area contributed by atoms with E-state index in [0.717, 1.165) is 6.42 Å². The molecule has 0 fully saturated rings. The summed E-state index contributed by atoms with van der Waals surface area (Å²) >= 11 is 0. The zero-order chi connectivity index (χ0) is 15.8. The SMILES string of the molecule is CC(Cc1cc(=O)oc2[nH]c(=O)[nH]c(=O)c12)CC(C)(C)C. The molecule has 1 atom stereocenters. The van der Waals surface area contributed by atoms with Gasteiger partial charge in [-0.3, -0.25) is 14.8 Å². The fourth-order valence-electron chi connectivity index (χ4n) is 2.83. The van der Waals surface area contributed by atoms with E-state index in [2.05, 4.69) is 37.7 Å². The van der Waals surface area contributed by atoms with Gasteiger partial charge in [-0.25, -0.2) is 9.59 Å². The van der Waals surface area contributed by atoms with Crippen LogP contribution >= 0.6 is 0 Å². The summed E-state index contributed by atoms with van der Waals surface area (Å²) in [6.07, 6.45) is 1.53. The summed E-state index contributed by atoms with van der Waals surface area (Å²) in [6, 6.07) is 1.33. The van der Waals surface area contributed by atoms with Crippen LogP contribution in [0.3, 0.4) is 0 Å². The van der Waals surface area contributed by atoms with Gasteiger partial charge in [-0.05, 0) is 29.7 Å². The second kappa shape index (κ2) is 5.35. The number of aromatic nitrogens is 2. The van der Waals surface area contributed by atoms with Gasteiger partial charge in [0.05, 0.1) is 0 Å². The molecule has 2 N–H and O–H groups in total. The van der Waals surface area contributed by atoms with E-state index < -0.39 is 16.9 Å². The number of hydrogen-bond acceptors (Lipinski definition) is 4. The van der Waals surface area contributed by atoms with E-state index in [-0.39, 0.29) is 16.5 Å². The molecule has 6 nitrogen and oxygen atoms in total. The summed E-state index contributed by atoms with van der Waals surface area (Å²) in [5.74, 6) is 0.293. The van der Waals surface area contributed by atoms with E-state index >= 15 is 0 Å². The summed E-state index contributed by atoms with van der Waals surface area (Å²) in [6.45, 7) is 8.51. The highest BCUT2D eigenvalue weighted by Crippen LogP contribution is 2.27. The molecule has 0 radical (unpaired) electrons. The van der Waals surface area contributed by atoms with Crippen molar-refractivity contribution in [3.63, 3.8) is 0 Å². The Kier molecular flexibility index (Phi) is 3.89. The smallest absolute Gasteiger partial charge is 0.337 e. The average molecular weight is 292 g/mol. The molecule has 21 heavy (non-hydrogen) atoms. The molecule has 0 aliphatic rings. The zero-order valence-electron chi connectivity index (χ0n) is 12.7. The normalized spacial score (nSPS) is 13.5. The topological polar surface area (TPSA) is 95.9 Å². The third-order valence-electron chi connectivity index (χ3n) is 3.25. The second-order valence-corrected chi connectivity index (χ2v) is 6.78. The minimum atomic E-state index is -0.685. The predicted octanol–water partition coefficient (Wildman–Crippen LogP) is 1.78. The molecular formula is C15H20N2O4. The van der Waals surface area contributed by atoms with Gasteiger partial charge in [-0.15, -0.1) is 0 Å². The molecule has 0 bridgehead atoms. The van der Waals surface area contributed by atoms with Crippen LogP contribution in [-0.2, 0) is 6.42 Å². The first-order valence-corrected chi connectivity index (χ1v) is 6.95. The number of aromatic amines is 2. The molecule has 0 aliphatic carbocycles. The van der Waals surface area contributed by atoms with Crippen LogP contribution in [0.2, 0.25) is 0 Å². The Morgan fingerprint density at radius 2 is 1.86 bits per heavy atom. The largest absolute Gasteiger partial charge is 0.405 e. The number of nitrogens with one attached hydrogen (secondary N) is 2. The molecule has 2 rings (SSSR count). The van der Waals surface area contributed by atoms with Crippen LogP contribution in [0, 0.1) is 11.3 Å². The zero-order valence-corrected chi connectivity index (χ0v) is 12.7. The highest BCUT2D eigenvalue weighted by atomic mass is 16.4. The average Bonchev–Trinajstić information content (AvgIpc) is 2.23. The van der Waals surface area contributed by atoms with Crippen molar-refractivity contribution >= 4 is 11.1 Å². The maximum atomic E-state index is 12.0.